The molecular formula is C21H22Si. The molecule has 0 spiro atoms. The van der Waals surface area contributed by atoms with Crippen molar-refractivity contribution in [2.24, 2.45) is 0 Å². The van der Waals surface area contributed by atoms with Gasteiger partial charge in [-0.25, -0.2) is 0 Å². The SMILES string of the molecule is [SiH3]CCC(c1ccccc1)(c1ccccc1)c1ccccc1. The molecule has 1 heteroatoms. The molecule has 0 N–H and O–H groups in total. The van der Waals surface area contributed by atoms with Crippen LogP contribution < -0.4 is 0 Å². The van der Waals surface area contributed by atoms with E-state index in [9.17, 15) is 0 Å². The molecule has 0 unspecified atom stereocenters. The summed E-state index contributed by atoms with van der Waals surface area (Å²) < 4.78 is 0. The van der Waals surface area contributed by atoms with Crippen LogP contribution in [-0.4, -0.2) is 10.2 Å². The highest BCUT2D eigenvalue weighted by molar-refractivity contribution is 6.08. The van der Waals surface area contributed by atoms with Gasteiger partial charge < -0.3 is 0 Å². The van der Waals surface area contributed by atoms with Crippen LogP contribution >= 0.6 is 0 Å². The van der Waals surface area contributed by atoms with E-state index in [1.807, 2.05) is 0 Å². The van der Waals surface area contributed by atoms with Crippen molar-refractivity contribution in [1.82, 2.24) is 0 Å². The van der Waals surface area contributed by atoms with Crippen LogP contribution in [0.5, 0.6) is 0 Å². The molecule has 0 aliphatic rings. The normalized spacial score (nSPS) is 11.5. The van der Waals surface area contributed by atoms with Gasteiger partial charge in [0.2, 0.25) is 0 Å². The predicted molar refractivity (Wildman–Crippen MR) is 98.6 cm³/mol. The van der Waals surface area contributed by atoms with Crippen molar-refractivity contribution >= 4 is 10.2 Å². The molecule has 0 heterocycles. The third-order valence-electron chi connectivity index (χ3n) is 4.42. The third-order valence-corrected chi connectivity index (χ3v) is 4.92. The Morgan fingerprint density at radius 1 is 0.545 bits per heavy atom. The van der Waals surface area contributed by atoms with Crippen molar-refractivity contribution in [2.45, 2.75) is 17.9 Å². The van der Waals surface area contributed by atoms with Crippen LogP contribution in [0.1, 0.15) is 23.1 Å². The van der Waals surface area contributed by atoms with Crippen LogP contribution in [0.2, 0.25) is 6.04 Å². The third kappa shape index (κ3) is 2.64. The lowest BCUT2D eigenvalue weighted by Gasteiger charge is -2.36. The molecule has 3 rings (SSSR count). The lowest BCUT2D eigenvalue weighted by molar-refractivity contribution is 0.593. The summed E-state index contributed by atoms with van der Waals surface area (Å²) in [5, 5.41) is 0. The Labute approximate surface area is 136 Å². The van der Waals surface area contributed by atoms with E-state index in [2.05, 4.69) is 91.0 Å². The van der Waals surface area contributed by atoms with E-state index in [-0.39, 0.29) is 5.41 Å². The van der Waals surface area contributed by atoms with E-state index in [1.165, 1.54) is 33.0 Å². The Morgan fingerprint density at radius 3 is 1.14 bits per heavy atom. The summed E-state index contributed by atoms with van der Waals surface area (Å²) in [4.78, 5) is 0. The maximum atomic E-state index is 2.28. The summed E-state index contributed by atoms with van der Waals surface area (Å²) in [6.07, 6.45) is 1.16. The summed E-state index contributed by atoms with van der Waals surface area (Å²) in [6, 6.07) is 34.2. The molecule has 3 aromatic rings. The Balaban J connectivity index is 2.29. The summed E-state index contributed by atoms with van der Waals surface area (Å²) >= 11 is 0. The van der Waals surface area contributed by atoms with Crippen LogP contribution in [0.4, 0.5) is 0 Å². The van der Waals surface area contributed by atoms with Gasteiger partial charge >= 0.3 is 0 Å². The first-order valence-corrected chi connectivity index (χ1v) is 9.46. The molecule has 0 radical (unpaired) electrons. The van der Waals surface area contributed by atoms with Gasteiger partial charge in [0.15, 0.2) is 0 Å². The Hall–Kier alpha value is -2.12. The second-order valence-electron chi connectivity index (χ2n) is 5.75. The van der Waals surface area contributed by atoms with Crippen molar-refractivity contribution in [2.75, 3.05) is 0 Å². The van der Waals surface area contributed by atoms with Crippen molar-refractivity contribution < 1.29 is 0 Å². The number of hydrogen-bond acceptors (Lipinski definition) is 0. The highest BCUT2D eigenvalue weighted by Gasteiger charge is 2.34. The maximum Gasteiger partial charge on any atom is 0.0448 e. The van der Waals surface area contributed by atoms with Gasteiger partial charge in [-0.2, -0.15) is 0 Å². The van der Waals surface area contributed by atoms with Gasteiger partial charge in [0.05, 0.1) is 0 Å². The number of rotatable bonds is 5. The van der Waals surface area contributed by atoms with E-state index in [4.69, 9.17) is 0 Å². The molecule has 0 amide bonds. The summed E-state index contributed by atoms with van der Waals surface area (Å²) in [7, 11) is 1.22. The van der Waals surface area contributed by atoms with Crippen LogP contribution in [0.15, 0.2) is 91.0 Å². The molecular weight excluding hydrogens is 280 g/mol. The molecule has 0 nitrogen and oxygen atoms in total. The number of benzene rings is 3. The predicted octanol–water partition coefficient (Wildman–Crippen LogP) is 4.19. The highest BCUT2D eigenvalue weighted by Crippen LogP contribution is 2.42. The molecule has 0 saturated carbocycles. The Kier molecular flexibility index (Phi) is 4.55. The van der Waals surface area contributed by atoms with Gasteiger partial charge in [0, 0.05) is 15.7 Å². The topological polar surface area (TPSA) is 0 Å². The first kappa shape index (κ1) is 14.8. The zero-order valence-electron chi connectivity index (χ0n) is 13.1. The van der Waals surface area contributed by atoms with E-state index in [1.54, 1.807) is 0 Å². The first-order chi connectivity index (χ1) is 10.9. The number of hydrogen-bond donors (Lipinski definition) is 0. The van der Waals surface area contributed by atoms with E-state index in [0.717, 1.165) is 6.42 Å². The van der Waals surface area contributed by atoms with E-state index >= 15 is 0 Å². The van der Waals surface area contributed by atoms with Gasteiger partial charge in [0.1, 0.15) is 0 Å². The largest absolute Gasteiger partial charge is 0.0644 e. The minimum absolute atomic E-state index is 0.0362. The summed E-state index contributed by atoms with van der Waals surface area (Å²) in [6.45, 7) is 0. The lowest BCUT2D eigenvalue weighted by Crippen LogP contribution is -2.29. The highest BCUT2D eigenvalue weighted by atomic mass is 28.1. The first-order valence-electron chi connectivity index (χ1n) is 8.04. The molecule has 0 bridgehead atoms. The van der Waals surface area contributed by atoms with Crippen LogP contribution in [0.25, 0.3) is 0 Å². The molecule has 0 aliphatic carbocycles. The molecule has 22 heavy (non-hydrogen) atoms. The van der Waals surface area contributed by atoms with Crippen LogP contribution in [0, 0.1) is 0 Å². The minimum atomic E-state index is -0.0362. The standard InChI is InChI=1S/C21H22Si/c22-17-16-21(18-10-4-1-5-11-18,19-12-6-2-7-13-19)20-14-8-3-9-15-20/h1-15H,16-17H2,22H3. The molecule has 0 aliphatic heterocycles. The molecule has 0 atom stereocenters. The van der Waals surface area contributed by atoms with Gasteiger partial charge in [-0.1, -0.05) is 97.0 Å². The fourth-order valence-corrected chi connectivity index (χ4v) is 4.23. The lowest BCUT2D eigenvalue weighted by atomic mass is 9.68. The van der Waals surface area contributed by atoms with Crippen LogP contribution in [-0.2, 0) is 5.41 Å². The minimum Gasteiger partial charge on any atom is -0.0644 e. The Morgan fingerprint density at radius 2 is 0.864 bits per heavy atom. The van der Waals surface area contributed by atoms with Crippen molar-refractivity contribution in [3.05, 3.63) is 108 Å². The van der Waals surface area contributed by atoms with Crippen molar-refractivity contribution in [3.8, 4) is 0 Å². The van der Waals surface area contributed by atoms with Crippen molar-refractivity contribution in [1.29, 1.82) is 0 Å². The monoisotopic (exact) mass is 302 g/mol. The van der Waals surface area contributed by atoms with Gasteiger partial charge in [-0.05, 0) is 23.1 Å². The maximum absolute atomic E-state index is 2.28. The fourth-order valence-electron chi connectivity index (χ4n) is 3.48. The molecule has 0 aromatic heterocycles. The molecule has 3 aromatic carbocycles. The molecule has 0 saturated heterocycles. The Bertz CT molecular complexity index is 593. The van der Waals surface area contributed by atoms with Crippen molar-refractivity contribution in [3.63, 3.8) is 0 Å². The average Bonchev–Trinajstić information content (AvgIpc) is 2.62. The van der Waals surface area contributed by atoms with E-state index < -0.39 is 0 Å². The second-order valence-corrected chi connectivity index (χ2v) is 6.75. The quantitative estimate of drug-likeness (QED) is 0.489. The fraction of sp³-hybridized carbons (Fsp3) is 0.143. The summed E-state index contributed by atoms with van der Waals surface area (Å²) in [5.41, 5.74) is 4.14. The zero-order chi connectivity index (χ0) is 15.3. The van der Waals surface area contributed by atoms with Crippen LogP contribution in [0.3, 0.4) is 0 Å². The molecule has 0 fully saturated rings. The van der Waals surface area contributed by atoms with E-state index in [0.29, 0.717) is 0 Å². The zero-order valence-corrected chi connectivity index (χ0v) is 15.1. The average molecular weight is 302 g/mol. The van der Waals surface area contributed by atoms with Gasteiger partial charge in [0.25, 0.3) is 0 Å². The molecule has 110 valence electrons. The second kappa shape index (κ2) is 6.76. The smallest absolute Gasteiger partial charge is 0.0448 e. The van der Waals surface area contributed by atoms with Gasteiger partial charge in [-0.15, -0.1) is 0 Å². The van der Waals surface area contributed by atoms with Gasteiger partial charge in [-0.3, -0.25) is 0 Å². The summed E-state index contributed by atoms with van der Waals surface area (Å²) in [5.74, 6) is 0.